The minimum absolute atomic E-state index is 0.128. The van der Waals surface area contributed by atoms with Crippen LogP contribution in [-0.2, 0) is 0 Å². The maximum absolute atomic E-state index is 6.06. The molecule has 0 amide bonds. The summed E-state index contributed by atoms with van der Waals surface area (Å²) in [5, 5.41) is 4.07. The Morgan fingerprint density at radius 3 is 2.41 bits per heavy atom. The SMILES string of the molecule is Cc1ccc([C@@H]2[C@H](c3ccccn3)NC(=S)N2c2ccc(Oc3ccccc3C)cc2)o1. The van der Waals surface area contributed by atoms with E-state index >= 15 is 0 Å². The second-order valence-corrected chi connectivity index (χ2v) is 8.19. The third-order valence-corrected chi connectivity index (χ3v) is 5.90. The van der Waals surface area contributed by atoms with Gasteiger partial charge in [-0.15, -0.1) is 0 Å². The molecule has 0 unspecified atom stereocenters. The van der Waals surface area contributed by atoms with Crippen LogP contribution in [0, 0.1) is 13.8 Å². The van der Waals surface area contributed by atoms with Gasteiger partial charge in [-0.2, -0.15) is 0 Å². The second-order valence-electron chi connectivity index (χ2n) is 7.81. The molecular formula is C26H23N3O2S. The fourth-order valence-electron chi connectivity index (χ4n) is 4.01. The number of nitrogens with zero attached hydrogens (tertiary/aromatic N) is 2. The summed E-state index contributed by atoms with van der Waals surface area (Å²) in [4.78, 5) is 6.65. The zero-order valence-corrected chi connectivity index (χ0v) is 18.7. The minimum Gasteiger partial charge on any atom is -0.464 e. The average molecular weight is 442 g/mol. The number of furan rings is 1. The molecule has 6 heteroatoms. The Labute approximate surface area is 192 Å². The van der Waals surface area contributed by atoms with Gasteiger partial charge in [0.25, 0.3) is 0 Å². The van der Waals surface area contributed by atoms with Crippen LogP contribution in [0.2, 0.25) is 0 Å². The van der Waals surface area contributed by atoms with Gasteiger partial charge in [0.2, 0.25) is 0 Å². The van der Waals surface area contributed by atoms with Gasteiger partial charge in [-0.05, 0) is 86.2 Å². The van der Waals surface area contributed by atoms with Crippen molar-refractivity contribution >= 4 is 23.0 Å². The first-order valence-electron chi connectivity index (χ1n) is 10.5. The van der Waals surface area contributed by atoms with Gasteiger partial charge < -0.3 is 19.4 Å². The number of hydrogen-bond acceptors (Lipinski definition) is 4. The number of pyridine rings is 1. The fraction of sp³-hybridized carbons (Fsp3) is 0.154. The number of para-hydroxylation sites is 1. The van der Waals surface area contributed by atoms with Gasteiger partial charge in [-0.1, -0.05) is 24.3 Å². The minimum atomic E-state index is -0.158. The van der Waals surface area contributed by atoms with Gasteiger partial charge in [0.1, 0.15) is 29.1 Å². The molecule has 32 heavy (non-hydrogen) atoms. The lowest BCUT2D eigenvalue weighted by Crippen LogP contribution is -2.29. The Morgan fingerprint density at radius 2 is 1.72 bits per heavy atom. The highest BCUT2D eigenvalue weighted by Gasteiger charge is 2.42. The molecule has 1 N–H and O–H groups in total. The Bertz CT molecular complexity index is 1240. The molecule has 1 aliphatic heterocycles. The lowest BCUT2D eigenvalue weighted by molar-refractivity contribution is 0.418. The zero-order chi connectivity index (χ0) is 22.1. The number of aromatic nitrogens is 1. The number of ether oxygens (including phenoxy) is 1. The largest absolute Gasteiger partial charge is 0.464 e. The first kappa shape index (κ1) is 20.3. The van der Waals surface area contributed by atoms with Crippen molar-refractivity contribution in [2.45, 2.75) is 25.9 Å². The molecule has 0 radical (unpaired) electrons. The predicted molar refractivity (Wildman–Crippen MR) is 129 cm³/mol. The zero-order valence-electron chi connectivity index (χ0n) is 17.9. The molecule has 0 spiro atoms. The lowest BCUT2D eigenvalue weighted by Gasteiger charge is -2.26. The standard InChI is InChI=1S/C26H23N3O2S/c1-17-7-3-4-9-22(17)31-20-13-11-19(12-14-20)29-25(23-15-10-18(2)30-23)24(28-26(29)32)21-8-5-6-16-27-21/h3-16,24-25H,1-2H3,(H,28,32)/t24-,25+/m0/s1. The van der Waals surface area contributed by atoms with Crippen molar-refractivity contribution in [1.29, 1.82) is 0 Å². The quantitative estimate of drug-likeness (QED) is 0.369. The molecule has 5 rings (SSSR count). The van der Waals surface area contributed by atoms with Crippen LogP contribution in [-0.4, -0.2) is 10.1 Å². The summed E-state index contributed by atoms with van der Waals surface area (Å²) in [6.45, 7) is 3.98. The summed E-state index contributed by atoms with van der Waals surface area (Å²) in [6.07, 6.45) is 1.80. The molecule has 2 atom stereocenters. The van der Waals surface area contributed by atoms with Gasteiger partial charge in [-0.25, -0.2) is 0 Å². The van der Waals surface area contributed by atoms with Crippen molar-refractivity contribution in [1.82, 2.24) is 10.3 Å². The summed E-state index contributed by atoms with van der Waals surface area (Å²) in [5.41, 5.74) is 2.96. The van der Waals surface area contributed by atoms with Gasteiger partial charge in [0.15, 0.2) is 5.11 Å². The van der Waals surface area contributed by atoms with Crippen molar-refractivity contribution < 1.29 is 9.15 Å². The van der Waals surface area contributed by atoms with Crippen LogP contribution < -0.4 is 15.0 Å². The molecule has 1 aliphatic rings. The monoisotopic (exact) mass is 441 g/mol. The van der Waals surface area contributed by atoms with Gasteiger partial charge >= 0.3 is 0 Å². The Kier molecular flexibility index (Phi) is 5.37. The van der Waals surface area contributed by atoms with Crippen molar-refractivity contribution in [2.75, 3.05) is 4.90 Å². The third-order valence-electron chi connectivity index (χ3n) is 5.59. The van der Waals surface area contributed by atoms with Gasteiger partial charge in [0.05, 0.1) is 11.7 Å². The maximum Gasteiger partial charge on any atom is 0.174 e. The molecule has 0 aliphatic carbocycles. The first-order chi connectivity index (χ1) is 15.6. The summed E-state index contributed by atoms with van der Waals surface area (Å²) >= 11 is 5.75. The van der Waals surface area contributed by atoms with Gasteiger partial charge in [-0.3, -0.25) is 4.98 Å². The van der Waals surface area contributed by atoms with Crippen molar-refractivity contribution in [3.8, 4) is 11.5 Å². The highest BCUT2D eigenvalue weighted by molar-refractivity contribution is 7.80. The normalized spacial score (nSPS) is 17.9. The Hall–Kier alpha value is -3.64. The van der Waals surface area contributed by atoms with Crippen molar-refractivity contribution in [2.24, 2.45) is 0 Å². The number of benzene rings is 2. The molecule has 3 heterocycles. The highest BCUT2D eigenvalue weighted by atomic mass is 32.1. The van der Waals surface area contributed by atoms with E-state index in [0.29, 0.717) is 5.11 Å². The molecule has 160 valence electrons. The van der Waals surface area contributed by atoms with Crippen molar-refractivity contribution in [3.63, 3.8) is 0 Å². The summed E-state index contributed by atoms with van der Waals surface area (Å²) in [6, 6.07) is 25.5. The summed E-state index contributed by atoms with van der Waals surface area (Å²) in [5.74, 6) is 3.32. The summed E-state index contributed by atoms with van der Waals surface area (Å²) in [7, 11) is 0. The topological polar surface area (TPSA) is 50.5 Å². The predicted octanol–water partition coefficient (Wildman–Crippen LogP) is 6.26. The van der Waals surface area contributed by atoms with E-state index in [-0.39, 0.29) is 12.1 Å². The first-order valence-corrected chi connectivity index (χ1v) is 10.9. The molecule has 1 fully saturated rings. The van der Waals surface area contributed by atoms with E-state index in [2.05, 4.69) is 15.2 Å². The lowest BCUT2D eigenvalue weighted by atomic mass is 10.0. The molecule has 0 bridgehead atoms. The highest BCUT2D eigenvalue weighted by Crippen LogP contribution is 2.42. The van der Waals surface area contributed by atoms with Crippen LogP contribution in [0.5, 0.6) is 11.5 Å². The van der Waals surface area contributed by atoms with Crippen LogP contribution in [0.25, 0.3) is 0 Å². The Morgan fingerprint density at radius 1 is 0.938 bits per heavy atom. The second kappa shape index (κ2) is 8.48. The van der Waals surface area contributed by atoms with E-state index in [1.807, 2.05) is 92.7 Å². The van der Waals surface area contributed by atoms with E-state index in [9.17, 15) is 0 Å². The van der Waals surface area contributed by atoms with E-state index < -0.39 is 0 Å². The van der Waals surface area contributed by atoms with Crippen LogP contribution >= 0.6 is 12.2 Å². The van der Waals surface area contributed by atoms with E-state index in [0.717, 1.165) is 40.0 Å². The number of rotatable bonds is 5. The van der Waals surface area contributed by atoms with Crippen molar-refractivity contribution in [3.05, 3.63) is 108 Å². The molecule has 1 saturated heterocycles. The maximum atomic E-state index is 6.06. The van der Waals surface area contributed by atoms with Crippen LogP contribution in [0.1, 0.15) is 34.9 Å². The number of nitrogens with one attached hydrogen (secondary N) is 1. The molecule has 2 aromatic heterocycles. The number of anilines is 1. The van der Waals surface area contributed by atoms with E-state index in [4.69, 9.17) is 21.4 Å². The molecule has 2 aromatic carbocycles. The molecule has 4 aromatic rings. The number of hydrogen-bond donors (Lipinski definition) is 1. The Balaban J connectivity index is 1.48. The molecule has 5 nitrogen and oxygen atoms in total. The van der Waals surface area contributed by atoms with Crippen LogP contribution in [0.3, 0.4) is 0 Å². The van der Waals surface area contributed by atoms with Crippen LogP contribution in [0.15, 0.2) is 89.5 Å². The number of aryl methyl sites for hydroxylation is 2. The third kappa shape index (κ3) is 3.85. The van der Waals surface area contributed by atoms with Crippen LogP contribution in [0.4, 0.5) is 5.69 Å². The average Bonchev–Trinajstić information content (AvgIpc) is 3.39. The molecule has 0 saturated carbocycles. The van der Waals surface area contributed by atoms with E-state index in [1.165, 1.54) is 0 Å². The summed E-state index contributed by atoms with van der Waals surface area (Å²) < 4.78 is 12.1. The smallest absolute Gasteiger partial charge is 0.174 e. The van der Waals surface area contributed by atoms with Gasteiger partial charge in [0, 0.05) is 11.9 Å². The number of thiocarbonyl (C=S) groups is 1. The van der Waals surface area contributed by atoms with E-state index in [1.54, 1.807) is 6.20 Å². The molecular weight excluding hydrogens is 418 g/mol. The fourth-order valence-corrected chi connectivity index (χ4v) is 4.35.